The molecule has 0 aromatic rings. The highest BCUT2D eigenvalue weighted by Crippen LogP contribution is 2.09. The second-order valence-electron chi connectivity index (χ2n) is 5.72. The van der Waals surface area contributed by atoms with E-state index in [-0.39, 0.29) is 0 Å². The second kappa shape index (κ2) is 9.76. The number of ether oxygens (including phenoxy) is 1. The Hall–Kier alpha value is -0.120. The van der Waals surface area contributed by atoms with Crippen molar-refractivity contribution in [2.75, 3.05) is 32.8 Å². The van der Waals surface area contributed by atoms with Gasteiger partial charge in [-0.15, -0.1) is 0 Å². The van der Waals surface area contributed by atoms with Gasteiger partial charge < -0.3 is 10.1 Å². The van der Waals surface area contributed by atoms with Gasteiger partial charge in [0.25, 0.3) is 0 Å². The minimum Gasteiger partial charge on any atom is -0.376 e. The zero-order chi connectivity index (χ0) is 13.2. The molecule has 3 nitrogen and oxygen atoms in total. The van der Waals surface area contributed by atoms with E-state index in [9.17, 15) is 0 Å². The molecule has 18 heavy (non-hydrogen) atoms. The van der Waals surface area contributed by atoms with Crippen LogP contribution in [0.5, 0.6) is 0 Å². The number of rotatable bonds is 9. The van der Waals surface area contributed by atoms with Crippen molar-refractivity contribution < 1.29 is 4.74 Å². The largest absolute Gasteiger partial charge is 0.376 e. The van der Waals surface area contributed by atoms with Gasteiger partial charge in [0.2, 0.25) is 0 Å². The molecule has 1 N–H and O–H groups in total. The third-order valence-electron chi connectivity index (χ3n) is 3.63. The first-order valence-corrected chi connectivity index (χ1v) is 7.79. The van der Waals surface area contributed by atoms with Crippen molar-refractivity contribution in [1.29, 1.82) is 0 Å². The van der Waals surface area contributed by atoms with Crippen LogP contribution in [-0.4, -0.2) is 49.8 Å². The Bertz CT molecular complexity index is 197. The molecule has 1 heterocycles. The highest BCUT2D eigenvalue weighted by atomic mass is 16.5. The maximum absolute atomic E-state index is 5.69. The summed E-state index contributed by atoms with van der Waals surface area (Å²) in [6.45, 7) is 12.3. The molecule has 0 aromatic heterocycles. The molecule has 0 aromatic carbocycles. The molecule has 1 aliphatic rings. The standard InChI is InChI=1S/C15H32N2O/c1-4-15-13-17(11-12-18-15)10-8-6-5-7-9-16-14(2)3/h14-16H,4-13H2,1-3H3. The summed E-state index contributed by atoms with van der Waals surface area (Å²) in [5, 5.41) is 3.47. The number of morpholine rings is 1. The van der Waals surface area contributed by atoms with Gasteiger partial charge in [-0.3, -0.25) is 4.90 Å². The predicted octanol–water partition coefficient (Wildman–Crippen LogP) is 2.66. The van der Waals surface area contributed by atoms with Crippen LogP contribution in [0, 0.1) is 0 Å². The summed E-state index contributed by atoms with van der Waals surface area (Å²) < 4.78 is 5.69. The zero-order valence-electron chi connectivity index (χ0n) is 12.6. The third kappa shape index (κ3) is 7.34. The Morgan fingerprint density at radius 2 is 2.00 bits per heavy atom. The van der Waals surface area contributed by atoms with Crippen molar-refractivity contribution in [2.45, 2.75) is 65.0 Å². The minimum absolute atomic E-state index is 0.481. The van der Waals surface area contributed by atoms with Gasteiger partial charge in [-0.1, -0.05) is 33.6 Å². The fourth-order valence-electron chi connectivity index (χ4n) is 2.44. The predicted molar refractivity (Wildman–Crippen MR) is 78.1 cm³/mol. The summed E-state index contributed by atoms with van der Waals surface area (Å²) >= 11 is 0. The van der Waals surface area contributed by atoms with E-state index in [1.165, 1.54) is 38.8 Å². The van der Waals surface area contributed by atoms with Crippen molar-refractivity contribution in [3.8, 4) is 0 Å². The van der Waals surface area contributed by atoms with Crippen molar-refractivity contribution in [3.63, 3.8) is 0 Å². The SMILES string of the molecule is CCC1CN(CCCCCCNC(C)C)CCO1. The monoisotopic (exact) mass is 256 g/mol. The number of hydrogen-bond donors (Lipinski definition) is 1. The maximum atomic E-state index is 5.69. The lowest BCUT2D eigenvalue weighted by molar-refractivity contribution is -0.0299. The summed E-state index contributed by atoms with van der Waals surface area (Å²) in [5.74, 6) is 0. The van der Waals surface area contributed by atoms with Gasteiger partial charge in [-0.25, -0.2) is 0 Å². The zero-order valence-corrected chi connectivity index (χ0v) is 12.6. The molecule has 1 saturated heterocycles. The fourth-order valence-corrected chi connectivity index (χ4v) is 2.44. The lowest BCUT2D eigenvalue weighted by atomic mass is 10.1. The van der Waals surface area contributed by atoms with E-state index in [2.05, 4.69) is 31.0 Å². The highest BCUT2D eigenvalue weighted by Gasteiger charge is 2.17. The molecule has 1 aliphatic heterocycles. The van der Waals surface area contributed by atoms with E-state index in [1.54, 1.807) is 0 Å². The molecule has 0 amide bonds. The van der Waals surface area contributed by atoms with Gasteiger partial charge in [-0.05, 0) is 32.4 Å². The molecule has 1 atom stereocenters. The summed E-state index contributed by atoms with van der Waals surface area (Å²) in [6, 6.07) is 0.629. The fraction of sp³-hybridized carbons (Fsp3) is 1.00. The minimum atomic E-state index is 0.481. The van der Waals surface area contributed by atoms with Gasteiger partial charge in [0, 0.05) is 19.1 Å². The van der Waals surface area contributed by atoms with E-state index in [1.807, 2.05) is 0 Å². The van der Waals surface area contributed by atoms with Crippen molar-refractivity contribution in [2.24, 2.45) is 0 Å². The van der Waals surface area contributed by atoms with Crippen LogP contribution in [0.1, 0.15) is 52.9 Å². The Kier molecular flexibility index (Phi) is 8.64. The van der Waals surface area contributed by atoms with Gasteiger partial charge in [0.05, 0.1) is 12.7 Å². The molecule has 3 heteroatoms. The summed E-state index contributed by atoms with van der Waals surface area (Å²) in [7, 11) is 0. The second-order valence-corrected chi connectivity index (χ2v) is 5.72. The Morgan fingerprint density at radius 3 is 2.72 bits per heavy atom. The Labute approximate surface area is 113 Å². The molecule has 0 radical (unpaired) electrons. The number of nitrogens with zero attached hydrogens (tertiary/aromatic N) is 1. The Morgan fingerprint density at radius 1 is 1.22 bits per heavy atom. The molecule has 108 valence electrons. The van der Waals surface area contributed by atoms with E-state index in [4.69, 9.17) is 4.74 Å². The van der Waals surface area contributed by atoms with Gasteiger partial charge in [0.1, 0.15) is 0 Å². The van der Waals surface area contributed by atoms with Crippen molar-refractivity contribution in [1.82, 2.24) is 10.2 Å². The summed E-state index contributed by atoms with van der Waals surface area (Å²) in [4.78, 5) is 2.57. The number of unbranched alkanes of at least 4 members (excludes halogenated alkanes) is 3. The van der Waals surface area contributed by atoms with Crippen LogP contribution >= 0.6 is 0 Å². The molecule has 1 rings (SSSR count). The van der Waals surface area contributed by atoms with E-state index in [0.29, 0.717) is 12.1 Å². The number of nitrogens with one attached hydrogen (secondary N) is 1. The lowest BCUT2D eigenvalue weighted by Crippen LogP contribution is -2.42. The first-order valence-electron chi connectivity index (χ1n) is 7.79. The molecule has 0 spiro atoms. The first-order chi connectivity index (χ1) is 8.72. The molecular formula is C15H32N2O. The van der Waals surface area contributed by atoms with Crippen molar-refractivity contribution >= 4 is 0 Å². The molecule has 0 saturated carbocycles. The van der Waals surface area contributed by atoms with Crippen LogP contribution in [0.25, 0.3) is 0 Å². The maximum Gasteiger partial charge on any atom is 0.0700 e. The van der Waals surface area contributed by atoms with E-state index >= 15 is 0 Å². The molecule has 0 aliphatic carbocycles. The van der Waals surface area contributed by atoms with E-state index in [0.717, 1.165) is 26.1 Å². The normalized spacial score (nSPS) is 21.7. The van der Waals surface area contributed by atoms with Crippen LogP contribution in [-0.2, 0) is 4.74 Å². The van der Waals surface area contributed by atoms with Crippen molar-refractivity contribution in [3.05, 3.63) is 0 Å². The van der Waals surface area contributed by atoms with Gasteiger partial charge in [-0.2, -0.15) is 0 Å². The lowest BCUT2D eigenvalue weighted by Gasteiger charge is -2.32. The smallest absolute Gasteiger partial charge is 0.0700 e. The number of hydrogen-bond acceptors (Lipinski definition) is 3. The molecular weight excluding hydrogens is 224 g/mol. The molecule has 1 fully saturated rings. The van der Waals surface area contributed by atoms with Crippen LogP contribution < -0.4 is 5.32 Å². The third-order valence-corrected chi connectivity index (χ3v) is 3.63. The summed E-state index contributed by atoms with van der Waals surface area (Å²) in [6.07, 6.45) is 7.03. The topological polar surface area (TPSA) is 24.5 Å². The van der Waals surface area contributed by atoms with Gasteiger partial charge in [0.15, 0.2) is 0 Å². The van der Waals surface area contributed by atoms with Crippen LogP contribution in [0.15, 0.2) is 0 Å². The van der Waals surface area contributed by atoms with Crippen LogP contribution in [0.4, 0.5) is 0 Å². The Balaban J connectivity index is 1.91. The highest BCUT2D eigenvalue weighted by molar-refractivity contribution is 4.70. The van der Waals surface area contributed by atoms with Gasteiger partial charge >= 0.3 is 0 Å². The average Bonchev–Trinajstić information content (AvgIpc) is 2.37. The van der Waals surface area contributed by atoms with Crippen LogP contribution in [0.2, 0.25) is 0 Å². The summed E-state index contributed by atoms with van der Waals surface area (Å²) in [5.41, 5.74) is 0. The van der Waals surface area contributed by atoms with Crippen LogP contribution in [0.3, 0.4) is 0 Å². The van der Waals surface area contributed by atoms with E-state index < -0.39 is 0 Å². The molecule has 0 bridgehead atoms. The first kappa shape index (κ1) is 15.9. The average molecular weight is 256 g/mol. The molecule has 1 unspecified atom stereocenters. The quantitative estimate of drug-likeness (QED) is 0.642.